The average molecular weight is 279 g/mol. The lowest BCUT2D eigenvalue weighted by atomic mass is 9.75. The molecule has 2 heterocycles. The van der Waals surface area contributed by atoms with Crippen molar-refractivity contribution in [1.82, 2.24) is 15.0 Å². The number of likely N-dealkylation sites (tertiary alicyclic amines) is 1. The van der Waals surface area contributed by atoms with E-state index in [9.17, 15) is 4.79 Å². The van der Waals surface area contributed by atoms with E-state index >= 15 is 0 Å². The molecule has 1 amide bonds. The summed E-state index contributed by atoms with van der Waals surface area (Å²) in [5.74, 6) is 1.28. The molecule has 1 saturated heterocycles. The maximum Gasteiger partial charge on any atom is 0.245 e. The van der Waals surface area contributed by atoms with Crippen LogP contribution in [0.15, 0.2) is 17.2 Å². The van der Waals surface area contributed by atoms with Gasteiger partial charge in [0.05, 0.1) is 5.41 Å². The second-order valence-corrected chi connectivity index (χ2v) is 5.20. The molecule has 0 aliphatic carbocycles. The van der Waals surface area contributed by atoms with E-state index in [0.29, 0.717) is 31.4 Å². The molecule has 1 aliphatic rings. The van der Waals surface area contributed by atoms with Gasteiger partial charge in [0.15, 0.2) is 5.82 Å². The highest BCUT2D eigenvalue weighted by molar-refractivity contribution is 5.87. The number of hydrogen-bond acceptors (Lipinski definition) is 5. The van der Waals surface area contributed by atoms with Gasteiger partial charge < -0.3 is 14.2 Å². The molecule has 0 radical (unpaired) electrons. The zero-order valence-corrected chi connectivity index (χ0v) is 12.1. The SMILES string of the molecule is C=CC(=O)N1CCC(CCOC)(c2nc(C)no2)CC1. The summed E-state index contributed by atoms with van der Waals surface area (Å²) in [6.07, 6.45) is 3.79. The fourth-order valence-corrected chi connectivity index (χ4v) is 2.66. The van der Waals surface area contributed by atoms with Gasteiger partial charge >= 0.3 is 0 Å². The summed E-state index contributed by atoms with van der Waals surface area (Å²) < 4.78 is 10.6. The summed E-state index contributed by atoms with van der Waals surface area (Å²) in [4.78, 5) is 17.9. The fourth-order valence-electron chi connectivity index (χ4n) is 2.66. The van der Waals surface area contributed by atoms with Crippen LogP contribution < -0.4 is 0 Å². The van der Waals surface area contributed by atoms with Crippen molar-refractivity contribution < 1.29 is 14.1 Å². The average Bonchev–Trinajstić information content (AvgIpc) is 2.92. The van der Waals surface area contributed by atoms with Crippen LogP contribution in [0.5, 0.6) is 0 Å². The van der Waals surface area contributed by atoms with E-state index in [4.69, 9.17) is 9.26 Å². The lowest BCUT2D eigenvalue weighted by Gasteiger charge is -2.39. The van der Waals surface area contributed by atoms with Crippen LogP contribution in [0.3, 0.4) is 0 Å². The summed E-state index contributed by atoms with van der Waals surface area (Å²) in [5, 5.41) is 3.89. The molecule has 0 saturated carbocycles. The molecule has 0 bridgehead atoms. The van der Waals surface area contributed by atoms with Crippen molar-refractivity contribution in [3.05, 3.63) is 24.4 Å². The second-order valence-electron chi connectivity index (χ2n) is 5.20. The first-order valence-corrected chi connectivity index (χ1v) is 6.82. The maximum atomic E-state index is 11.7. The van der Waals surface area contributed by atoms with Crippen LogP contribution in [-0.4, -0.2) is 47.8 Å². The zero-order chi connectivity index (χ0) is 14.6. The van der Waals surface area contributed by atoms with Crippen LogP contribution in [0.2, 0.25) is 0 Å². The van der Waals surface area contributed by atoms with Crippen LogP contribution in [0.1, 0.15) is 31.0 Å². The van der Waals surface area contributed by atoms with Crippen LogP contribution >= 0.6 is 0 Å². The van der Waals surface area contributed by atoms with Gasteiger partial charge in [0.25, 0.3) is 0 Å². The molecule has 6 heteroatoms. The van der Waals surface area contributed by atoms with Gasteiger partial charge in [0.1, 0.15) is 0 Å². The molecule has 0 aromatic carbocycles. The van der Waals surface area contributed by atoms with E-state index in [1.807, 2.05) is 6.92 Å². The highest BCUT2D eigenvalue weighted by atomic mass is 16.5. The fraction of sp³-hybridized carbons (Fsp3) is 0.643. The Bertz CT molecular complexity index is 476. The summed E-state index contributed by atoms with van der Waals surface area (Å²) in [7, 11) is 1.68. The third-order valence-electron chi connectivity index (χ3n) is 3.97. The van der Waals surface area contributed by atoms with E-state index in [2.05, 4.69) is 16.7 Å². The highest BCUT2D eigenvalue weighted by Gasteiger charge is 2.41. The zero-order valence-electron chi connectivity index (χ0n) is 12.1. The smallest absolute Gasteiger partial charge is 0.245 e. The number of rotatable bonds is 5. The minimum absolute atomic E-state index is 0.0212. The second kappa shape index (κ2) is 6.17. The van der Waals surface area contributed by atoms with E-state index in [-0.39, 0.29) is 11.3 Å². The van der Waals surface area contributed by atoms with Gasteiger partial charge in [-0.05, 0) is 32.3 Å². The van der Waals surface area contributed by atoms with Crippen molar-refractivity contribution in [1.29, 1.82) is 0 Å². The van der Waals surface area contributed by atoms with Crippen LogP contribution in [0.4, 0.5) is 0 Å². The Morgan fingerprint density at radius 1 is 1.55 bits per heavy atom. The topological polar surface area (TPSA) is 68.5 Å². The summed E-state index contributed by atoms with van der Waals surface area (Å²) in [6, 6.07) is 0. The molecular weight excluding hydrogens is 258 g/mol. The first-order chi connectivity index (χ1) is 9.61. The number of carbonyl (C=O) groups excluding carboxylic acids is 1. The number of nitrogens with zero attached hydrogens (tertiary/aromatic N) is 3. The molecular formula is C14H21N3O3. The molecule has 110 valence electrons. The monoisotopic (exact) mass is 279 g/mol. The Labute approximate surface area is 118 Å². The molecule has 1 aromatic heterocycles. The lowest BCUT2D eigenvalue weighted by molar-refractivity contribution is -0.127. The Morgan fingerprint density at radius 2 is 2.25 bits per heavy atom. The van der Waals surface area contributed by atoms with Gasteiger partial charge in [0, 0.05) is 26.8 Å². The molecule has 0 atom stereocenters. The van der Waals surface area contributed by atoms with Crippen LogP contribution in [0, 0.1) is 6.92 Å². The van der Waals surface area contributed by atoms with Crippen molar-refractivity contribution in [3.8, 4) is 0 Å². The summed E-state index contributed by atoms with van der Waals surface area (Å²) in [6.45, 7) is 7.33. The Balaban J connectivity index is 2.14. The molecule has 20 heavy (non-hydrogen) atoms. The quantitative estimate of drug-likeness (QED) is 0.763. The van der Waals surface area contributed by atoms with Crippen molar-refractivity contribution >= 4 is 5.91 Å². The predicted molar refractivity (Wildman–Crippen MR) is 73.2 cm³/mol. The van der Waals surface area contributed by atoms with E-state index in [1.54, 1.807) is 12.0 Å². The molecule has 6 nitrogen and oxygen atoms in total. The van der Waals surface area contributed by atoms with Crippen LogP contribution in [-0.2, 0) is 14.9 Å². The first kappa shape index (κ1) is 14.7. The van der Waals surface area contributed by atoms with Gasteiger partial charge in [0.2, 0.25) is 11.8 Å². The van der Waals surface area contributed by atoms with Crippen molar-refractivity contribution in [2.45, 2.75) is 31.6 Å². The minimum atomic E-state index is -0.185. The van der Waals surface area contributed by atoms with E-state index < -0.39 is 0 Å². The molecule has 1 aliphatic heterocycles. The number of aryl methyl sites for hydroxylation is 1. The first-order valence-electron chi connectivity index (χ1n) is 6.82. The van der Waals surface area contributed by atoms with Crippen molar-refractivity contribution in [2.75, 3.05) is 26.8 Å². The Morgan fingerprint density at radius 3 is 2.75 bits per heavy atom. The Kier molecular flexibility index (Phi) is 4.54. The maximum absolute atomic E-state index is 11.7. The van der Waals surface area contributed by atoms with Crippen molar-refractivity contribution in [3.63, 3.8) is 0 Å². The van der Waals surface area contributed by atoms with Gasteiger partial charge in [-0.2, -0.15) is 4.98 Å². The van der Waals surface area contributed by atoms with Crippen LogP contribution in [0.25, 0.3) is 0 Å². The molecule has 1 fully saturated rings. The number of methoxy groups -OCH3 is 1. The summed E-state index contributed by atoms with van der Waals surface area (Å²) in [5.41, 5.74) is -0.185. The third kappa shape index (κ3) is 2.90. The minimum Gasteiger partial charge on any atom is -0.385 e. The molecule has 1 aromatic rings. The lowest BCUT2D eigenvalue weighted by Crippen LogP contribution is -2.45. The van der Waals surface area contributed by atoms with E-state index in [0.717, 1.165) is 19.3 Å². The Hall–Kier alpha value is -1.69. The van der Waals surface area contributed by atoms with E-state index in [1.165, 1.54) is 6.08 Å². The van der Waals surface area contributed by atoms with Gasteiger partial charge in [-0.3, -0.25) is 4.79 Å². The number of hydrogen-bond donors (Lipinski definition) is 0. The largest absolute Gasteiger partial charge is 0.385 e. The van der Waals surface area contributed by atoms with Gasteiger partial charge in [-0.15, -0.1) is 0 Å². The number of piperidine rings is 1. The molecule has 2 rings (SSSR count). The number of amides is 1. The highest BCUT2D eigenvalue weighted by Crippen LogP contribution is 2.37. The number of ether oxygens (including phenoxy) is 1. The predicted octanol–water partition coefficient (Wildman–Crippen LogP) is 1.46. The molecule has 0 N–H and O–H groups in total. The molecule has 0 spiro atoms. The third-order valence-corrected chi connectivity index (χ3v) is 3.97. The standard InChI is InChI=1S/C14H21N3O3/c1-4-12(18)17-8-5-14(6-9-17,7-10-19-3)13-15-11(2)16-20-13/h4H,1,5-10H2,2-3H3. The summed E-state index contributed by atoms with van der Waals surface area (Å²) >= 11 is 0. The van der Waals surface area contributed by atoms with Crippen molar-refractivity contribution in [2.24, 2.45) is 0 Å². The van der Waals surface area contributed by atoms with Gasteiger partial charge in [-0.1, -0.05) is 11.7 Å². The van der Waals surface area contributed by atoms with Gasteiger partial charge in [-0.25, -0.2) is 0 Å². The molecule has 0 unspecified atom stereocenters. The normalized spacial score (nSPS) is 18.0. The number of aromatic nitrogens is 2. The number of carbonyl (C=O) groups is 1.